The second-order valence-electron chi connectivity index (χ2n) is 6.28. The number of aryl methyl sites for hydroxylation is 2. The third-order valence-electron chi connectivity index (χ3n) is 4.38. The summed E-state index contributed by atoms with van der Waals surface area (Å²) in [7, 11) is -1.92. The van der Waals surface area contributed by atoms with E-state index in [1.807, 2.05) is 30.7 Å². The lowest BCUT2D eigenvalue weighted by atomic mass is 10.1. The minimum atomic E-state index is -3.53. The highest BCUT2D eigenvalue weighted by atomic mass is 32.2. The molecule has 0 N–H and O–H groups in total. The van der Waals surface area contributed by atoms with Crippen LogP contribution in [0.5, 0.6) is 0 Å². The first-order chi connectivity index (χ1) is 11.8. The van der Waals surface area contributed by atoms with Crippen molar-refractivity contribution in [1.82, 2.24) is 14.1 Å². The Morgan fingerprint density at radius 1 is 1.24 bits per heavy atom. The average molecular weight is 362 g/mol. The molecule has 0 aliphatic heterocycles. The fourth-order valence-electron chi connectivity index (χ4n) is 2.87. The van der Waals surface area contributed by atoms with Crippen molar-refractivity contribution < 1.29 is 8.42 Å². The van der Waals surface area contributed by atoms with Gasteiger partial charge in [-0.2, -0.15) is 9.40 Å². The van der Waals surface area contributed by atoms with Gasteiger partial charge in [0.25, 0.3) is 0 Å². The second-order valence-corrected chi connectivity index (χ2v) is 8.32. The quantitative estimate of drug-likeness (QED) is 0.677. The van der Waals surface area contributed by atoms with E-state index in [0.29, 0.717) is 18.0 Å². The van der Waals surface area contributed by atoms with Crippen molar-refractivity contribution in [1.29, 1.82) is 0 Å². The molecule has 0 atom stereocenters. The number of hydrogen-bond donors (Lipinski definition) is 0. The zero-order valence-electron chi connectivity index (χ0n) is 15.5. The molecule has 0 aliphatic carbocycles. The smallest absolute Gasteiger partial charge is 0.243 e. The molecule has 0 saturated carbocycles. The molecule has 0 bridgehead atoms. The zero-order valence-corrected chi connectivity index (χ0v) is 16.3. The van der Waals surface area contributed by atoms with Crippen molar-refractivity contribution in [2.45, 2.75) is 51.6 Å². The van der Waals surface area contributed by atoms with Gasteiger partial charge >= 0.3 is 0 Å². The molecule has 25 heavy (non-hydrogen) atoms. The molecule has 0 radical (unpaired) electrons. The van der Waals surface area contributed by atoms with Crippen LogP contribution in [0.2, 0.25) is 0 Å². The summed E-state index contributed by atoms with van der Waals surface area (Å²) in [5.41, 5.74) is 3.91. The molecule has 136 valence electrons. The topological polar surface area (TPSA) is 55.2 Å². The molecule has 6 heteroatoms. The van der Waals surface area contributed by atoms with E-state index in [1.54, 1.807) is 25.3 Å². The molecule has 1 aromatic carbocycles. The number of benzene rings is 1. The summed E-state index contributed by atoms with van der Waals surface area (Å²) in [4.78, 5) is 0.323. The first-order valence-electron chi connectivity index (χ1n) is 8.50. The minimum absolute atomic E-state index is 0.299. The molecule has 1 heterocycles. The highest BCUT2D eigenvalue weighted by molar-refractivity contribution is 7.89. The summed E-state index contributed by atoms with van der Waals surface area (Å²) in [6, 6.07) is 7.17. The summed E-state index contributed by atoms with van der Waals surface area (Å²) < 4.78 is 28.9. The third kappa shape index (κ3) is 4.19. The number of sulfonamides is 1. The van der Waals surface area contributed by atoms with Crippen LogP contribution in [0.25, 0.3) is 0 Å². The van der Waals surface area contributed by atoms with Crippen molar-refractivity contribution in [3.8, 4) is 0 Å². The molecule has 2 aromatic rings. The lowest BCUT2D eigenvalue weighted by molar-refractivity contribution is 0.465. The van der Waals surface area contributed by atoms with Crippen molar-refractivity contribution in [3.05, 3.63) is 59.4 Å². The Labute approximate surface area is 151 Å². The number of allylic oxidation sites excluding steroid dienone is 1. The SMILES string of the molecule is C=CCn1nc(C)c(CN(C)S(=O)(=O)c2ccc(CCC)cc2)c1C. The van der Waals surface area contributed by atoms with Crippen molar-refractivity contribution in [2.75, 3.05) is 7.05 Å². The normalized spacial score (nSPS) is 11.9. The highest BCUT2D eigenvalue weighted by Crippen LogP contribution is 2.21. The zero-order chi connectivity index (χ0) is 18.6. The maximum atomic E-state index is 12.8. The van der Waals surface area contributed by atoms with Gasteiger partial charge in [0.1, 0.15) is 0 Å². The minimum Gasteiger partial charge on any atom is -0.265 e. The molecule has 0 unspecified atom stereocenters. The van der Waals surface area contributed by atoms with Crippen LogP contribution >= 0.6 is 0 Å². The van der Waals surface area contributed by atoms with Crippen LogP contribution < -0.4 is 0 Å². The Morgan fingerprint density at radius 2 is 1.88 bits per heavy atom. The Hall–Kier alpha value is -1.92. The van der Waals surface area contributed by atoms with Gasteiger partial charge in [0.05, 0.1) is 17.1 Å². The summed E-state index contributed by atoms with van der Waals surface area (Å²) in [6.07, 6.45) is 3.78. The maximum Gasteiger partial charge on any atom is 0.243 e. The Balaban J connectivity index is 2.24. The number of aromatic nitrogens is 2. The molecule has 0 aliphatic rings. The van der Waals surface area contributed by atoms with E-state index in [1.165, 1.54) is 4.31 Å². The van der Waals surface area contributed by atoms with Crippen LogP contribution in [0.1, 0.15) is 35.9 Å². The van der Waals surface area contributed by atoms with E-state index in [4.69, 9.17) is 0 Å². The molecule has 0 saturated heterocycles. The van der Waals surface area contributed by atoms with Gasteiger partial charge in [-0.3, -0.25) is 4.68 Å². The summed E-state index contributed by atoms with van der Waals surface area (Å²) >= 11 is 0. The monoisotopic (exact) mass is 361 g/mol. The van der Waals surface area contributed by atoms with E-state index in [-0.39, 0.29) is 0 Å². The van der Waals surface area contributed by atoms with Crippen LogP contribution in [-0.4, -0.2) is 29.6 Å². The van der Waals surface area contributed by atoms with E-state index in [9.17, 15) is 8.42 Å². The van der Waals surface area contributed by atoms with Gasteiger partial charge in [-0.15, -0.1) is 6.58 Å². The largest absolute Gasteiger partial charge is 0.265 e. The predicted molar refractivity (Wildman–Crippen MR) is 101 cm³/mol. The van der Waals surface area contributed by atoms with Crippen LogP contribution in [-0.2, 0) is 29.5 Å². The van der Waals surface area contributed by atoms with Crippen molar-refractivity contribution >= 4 is 10.0 Å². The molecule has 0 fully saturated rings. The molecule has 1 aromatic heterocycles. The van der Waals surface area contributed by atoms with Crippen LogP contribution in [0, 0.1) is 13.8 Å². The number of hydrogen-bond acceptors (Lipinski definition) is 3. The Morgan fingerprint density at radius 3 is 2.44 bits per heavy atom. The van der Waals surface area contributed by atoms with Gasteiger partial charge in [-0.1, -0.05) is 31.6 Å². The van der Waals surface area contributed by atoms with Gasteiger partial charge < -0.3 is 0 Å². The lowest BCUT2D eigenvalue weighted by Crippen LogP contribution is -2.27. The Bertz CT molecular complexity index is 836. The fraction of sp³-hybridized carbons (Fsp3) is 0.421. The van der Waals surface area contributed by atoms with E-state index < -0.39 is 10.0 Å². The van der Waals surface area contributed by atoms with Crippen LogP contribution in [0.3, 0.4) is 0 Å². The molecule has 5 nitrogen and oxygen atoms in total. The average Bonchev–Trinajstić information content (AvgIpc) is 2.83. The fourth-order valence-corrected chi connectivity index (χ4v) is 4.01. The van der Waals surface area contributed by atoms with Gasteiger partial charge in [-0.25, -0.2) is 8.42 Å². The first kappa shape index (κ1) is 19.4. The third-order valence-corrected chi connectivity index (χ3v) is 6.20. The first-order valence-corrected chi connectivity index (χ1v) is 9.94. The van der Waals surface area contributed by atoms with Gasteiger partial charge in [0.15, 0.2) is 0 Å². The molecular weight excluding hydrogens is 334 g/mol. The van der Waals surface area contributed by atoms with E-state index in [0.717, 1.165) is 35.4 Å². The maximum absolute atomic E-state index is 12.8. The number of rotatable bonds is 8. The van der Waals surface area contributed by atoms with Gasteiger partial charge in [-0.05, 0) is 38.0 Å². The molecule has 2 rings (SSSR count). The predicted octanol–water partition coefficient (Wildman–Crippen LogP) is 3.46. The standard InChI is InChI=1S/C19H27N3O2S/c1-6-8-17-9-11-18(12-10-17)25(23,24)21(5)14-19-15(3)20-22(13-7-2)16(19)4/h7,9-12H,2,6,8,13-14H2,1,3-5H3. The number of nitrogens with zero attached hydrogens (tertiary/aromatic N) is 3. The summed E-state index contributed by atoms with van der Waals surface area (Å²) in [6.45, 7) is 10.6. The van der Waals surface area contributed by atoms with Crippen molar-refractivity contribution in [2.24, 2.45) is 0 Å². The van der Waals surface area contributed by atoms with Crippen molar-refractivity contribution in [3.63, 3.8) is 0 Å². The van der Waals surface area contributed by atoms with Gasteiger partial charge in [0, 0.05) is 24.8 Å². The lowest BCUT2D eigenvalue weighted by Gasteiger charge is -2.18. The Kier molecular flexibility index (Phi) is 6.19. The van der Waals surface area contributed by atoms with Crippen LogP contribution in [0.15, 0.2) is 41.8 Å². The summed E-state index contributed by atoms with van der Waals surface area (Å²) in [5.74, 6) is 0. The van der Waals surface area contributed by atoms with Gasteiger partial charge in [0.2, 0.25) is 10.0 Å². The second kappa shape index (κ2) is 7.97. The van der Waals surface area contributed by atoms with Crippen LogP contribution in [0.4, 0.5) is 0 Å². The summed E-state index contributed by atoms with van der Waals surface area (Å²) in [5, 5.41) is 4.46. The molecular formula is C19H27N3O2S. The van der Waals surface area contributed by atoms with E-state index >= 15 is 0 Å². The molecule has 0 amide bonds. The van der Waals surface area contributed by atoms with E-state index in [2.05, 4.69) is 18.6 Å². The molecule has 0 spiro atoms. The highest BCUT2D eigenvalue weighted by Gasteiger charge is 2.23.